The normalized spacial score (nSPS) is 20.7. The number of nitrogens with one attached hydrogen (secondary N) is 2. The molecule has 2 aromatic carbocycles. The Morgan fingerprint density at radius 2 is 1.95 bits per heavy atom. The molecule has 9 heteroatoms. The number of rotatable bonds is 12. The summed E-state index contributed by atoms with van der Waals surface area (Å²) in [5.41, 5.74) is 2.98. The molecule has 0 fully saturated rings. The van der Waals surface area contributed by atoms with Gasteiger partial charge in [0.15, 0.2) is 5.78 Å². The summed E-state index contributed by atoms with van der Waals surface area (Å²) >= 11 is 0. The molecule has 0 bridgehead atoms. The number of aliphatic hydroxyl groups is 1. The fourth-order valence-electron chi connectivity index (χ4n) is 5.15. The van der Waals surface area contributed by atoms with Crippen LogP contribution in [0.15, 0.2) is 53.9 Å². The average molecular weight is 541 g/mol. The number of carbonyl (C=O) groups is 1. The van der Waals surface area contributed by atoms with Crippen LogP contribution >= 0.6 is 0 Å². The molecule has 1 aliphatic carbocycles. The monoisotopic (exact) mass is 540 g/mol. The molecule has 2 aliphatic rings. The highest BCUT2D eigenvalue weighted by molar-refractivity contribution is 6.01. The Bertz CT molecular complexity index is 1280. The van der Waals surface area contributed by atoms with Gasteiger partial charge in [0.2, 0.25) is 0 Å². The number of fused-ring (bicyclic) bond motifs is 1. The number of carbonyl (C=O) groups excluding carboxylic acids is 1. The maximum absolute atomic E-state index is 14.6. The lowest BCUT2D eigenvalue weighted by molar-refractivity contribution is -0.123. The van der Waals surface area contributed by atoms with Crippen LogP contribution < -0.4 is 24.8 Å². The molecule has 8 nitrogen and oxygen atoms in total. The van der Waals surface area contributed by atoms with Gasteiger partial charge in [-0.3, -0.25) is 4.79 Å². The van der Waals surface area contributed by atoms with Crippen LogP contribution in [0, 0.1) is 6.92 Å². The van der Waals surface area contributed by atoms with E-state index in [-0.39, 0.29) is 31.2 Å². The first kappa shape index (κ1) is 28.4. The molecule has 1 aliphatic heterocycles. The minimum absolute atomic E-state index is 0.0408. The molecule has 0 amide bonds. The Morgan fingerprint density at radius 1 is 1.18 bits per heavy atom. The number of Topliss-reactive ketones (excluding diaryl/α,β-unsaturated/α-hetero) is 1. The highest BCUT2D eigenvalue weighted by Crippen LogP contribution is 2.43. The van der Waals surface area contributed by atoms with Crippen molar-refractivity contribution in [3.8, 4) is 17.2 Å². The van der Waals surface area contributed by atoms with Crippen molar-refractivity contribution >= 4 is 17.2 Å². The number of allylic oxidation sites excluding steroid dienone is 2. The van der Waals surface area contributed by atoms with Crippen molar-refractivity contribution in [2.75, 3.05) is 51.2 Å². The third-order valence-corrected chi connectivity index (χ3v) is 7.26. The third-order valence-electron chi connectivity index (χ3n) is 7.26. The van der Waals surface area contributed by atoms with Crippen molar-refractivity contribution in [1.82, 2.24) is 0 Å². The predicted molar refractivity (Wildman–Crippen MR) is 149 cm³/mol. The molecular formula is C30H37FN2O6. The molecule has 1 heterocycles. The quantitative estimate of drug-likeness (QED) is 0.356. The van der Waals surface area contributed by atoms with E-state index in [0.717, 1.165) is 22.6 Å². The molecule has 4 rings (SSSR count). The Morgan fingerprint density at radius 3 is 2.64 bits per heavy atom. The molecule has 39 heavy (non-hydrogen) atoms. The number of aliphatic hydroxyl groups excluding tert-OH is 1. The van der Waals surface area contributed by atoms with Gasteiger partial charge in [-0.25, -0.2) is 4.39 Å². The second kappa shape index (κ2) is 12.1. The van der Waals surface area contributed by atoms with Gasteiger partial charge in [-0.05, 0) is 49.6 Å². The lowest BCUT2D eigenvalue weighted by Gasteiger charge is -2.34. The highest BCUT2D eigenvalue weighted by Gasteiger charge is 2.46. The van der Waals surface area contributed by atoms with E-state index >= 15 is 0 Å². The first-order chi connectivity index (χ1) is 18.7. The molecule has 3 atom stereocenters. The molecule has 210 valence electrons. The van der Waals surface area contributed by atoms with Gasteiger partial charge in [-0.2, -0.15) is 0 Å². The van der Waals surface area contributed by atoms with Crippen LogP contribution in [0.4, 0.5) is 15.8 Å². The number of aryl methyl sites for hydroxylation is 1. The van der Waals surface area contributed by atoms with E-state index in [9.17, 15) is 14.3 Å². The smallest absolute Gasteiger partial charge is 0.171 e. The van der Waals surface area contributed by atoms with E-state index < -0.39 is 17.6 Å². The van der Waals surface area contributed by atoms with Crippen LogP contribution in [0.1, 0.15) is 31.4 Å². The summed E-state index contributed by atoms with van der Waals surface area (Å²) in [6.45, 7) is 6.73. The maximum atomic E-state index is 14.6. The van der Waals surface area contributed by atoms with E-state index in [1.165, 1.54) is 20.3 Å². The molecular weight excluding hydrogens is 503 g/mol. The Hall–Kier alpha value is -3.56. The number of ether oxygens (including phenoxy) is 4. The Labute approximate surface area is 228 Å². The van der Waals surface area contributed by atoms with Crippen LogP contribution in [0.5, 0.6) is 17.2 Å². The predicted octanol–water partition coefficient (Wildman–Crippen LogP) is 4.70. The molecule has 0 radical (unpaired) electrons. The Kier molecular flexibility index (Phi) is 8.82. The number of hydrogen-bond acceptors (Lipinski definition) is 8. The number of hydrogen-bond donors (Lipinski definition) is 3. The number of anilines is 2. The maximum Gasteiger partial charge on any atom is 0.171 e. The van der Waals surface area contributed by atoms with Gasteiger partial charge in [-0.15, -0.1) is 0 Å². The molecule has 0 spiro atoms. The minimum atomic E-state index is -0.892. The number of ketones is 1. The molecule has 3 N–H and O–H groups in total. The second-order valence-electron chi connectivity index (χ2n) is 9.90. The van der Waals surface area contributed by atoms with Crippen LogP contribution in [-0.4, -0.2) is 63.6 Å². The van der Waals surface area contributed by atoms with Crippen LogP contribution in [0.25, 0.3) is 0 Å². The zero-order chi connectivity index (χ0) is 28.2. The number of methoxy groups -OCH3 is 2. The lowest BCUT2D eigenvalue weighted by Crippen LogP contribution is -2.48. The highest BCUT2D eigenvalue weighted by atomic mass is 19.1. The van der Waals surface area contributed by atoms with Crippen molar-refractivity contribution in [2.24, 2.45) is 0 Å². The zero-order valence-corrected chi connectivity index (χ0v) is 23.1. The standard InChI is InChI=1S/C30H37FN2O6/c1-6-38-26-16-25-24(11-18(26)2)30(3,17-32-25)29(35)28(23-8-7-19(31)12-27(23)37-5)33-20-13-21(36-4)15-22(14-20)39-10-9-34/h7-8,11,13-16,27-28,32-34H,6,9-10,12,17H2,1-5H3. The van der Waals surface area contributed by atoms with Gasteiger partial charge in [0.05, 0.1) is 31.8 Å². The summed E-state index contributed by atoms with van der Waals surface area (Å²) in [5, 5.41) is 16.0. The first-order valence-corrected chi connectivity index (χ1v) is 13.1. The summed E-state index contributed by atoms with van der Waals surface area (Å²) in [5.74, 6) is 1.36. The molecule has 0 saturated carbocycles. The van der Waals surface area contributed by atoms with E-state index in [2.05, 4.69) is 10.6 Å². The summed E-state index contributed by atoms with van der Waals surface area (Å²) in [4.78, 5) is 14.6. The average Bonchev–Trinajstić information content (AvgIpc) is 3.26. The summed E-state index contributed by atoms with van der Waals surface area (Å²) in [7, 11) is 3.05. The van der Waals surface area contributed by atoms with Crippen molar-refractivity contribution < 1.29 is 33.2 Å². The van der Waals surface area contributed by atoms with Crippen LogP contribution in [-0.2, 0) is 14.9 Å². The molecule has 2 aromatic rings. The summed E-state index contributed by atoms with van der Waals surface area (Å²) in [6.07, 6.45) is 2.43. The fraction of sp³-hybridized carbons (Fsp3) is 0.433. The van der Waals surface area contributed by atoms with Gasteiger partial charge in [-0.1, -0.05) is 6.08 Å². The van der Waals surface area contributed by atoms with Crippen LogP contribution in [0.3, 0.4) is 0 Å². The third kappa shape index (κ3) is 5.89. The summed E-state index contributed by atoms with van der Waals surface area (Å²) < 4.78 is 36.7. The van der Waals surface area contributed by atoms with Crippen molar-refractivity contribution in [3.05, 3.63) is 65.0 Å². The summed E-state index contributed by atoms with van der Waals surface area (Å²) in [6, 6.07) is 8.30. The fourth-order valence-corrected chi connectivity index (χ4v) is 5.15. The zero-order valence-electron chi connectivity index (χ0n) is 23.1. The Balaban J connectivity index is 1.77. The topological polar surface area (TPSA) is 98.3 Å². The molecule has 0 saturated heterocycles. The lowest BCUT2D eigenvalue weighted by atomic mass is 9.74. The van der Waals surface area contributed by atoms with Gasteiger partial charge in [0.25, 0.3) is 0 Å². The van der Waals surface area contributed by atoms with E-state index in [1.807, 2.05) is 32.9 Å². The second-order valence-corrected chi connectivity index (χ2v) is 9.90. The molecule has 3 unspecified atom stereocenters. The van der Waals surface area contributed by atoms with E-state index in [0.29, 0.717) is 35.9 Å². The van der Waals surface area contributed by atoms with Crippen molar-refractivity contribution in [1.29, 1.82) is 0 Å². The van der Waals surface area contributed by atoms with E-state index in [1.54, 1.807) is 24.3 Å². The number of benzene rings is 2. The van der Waals surface area contributed by atoms with Crippen LogP contribution in [0.2, 0.25) is 0 Å². The SMILES string of the molecule is CCOc1cc2c(cc1C)C(C)(C(=O)C(Nc1cc(OC)cc(OCCO)c1)C1=CC=C(F)CC1OC)CN2. The van der Waals surface area contributed by atoms with Gasteiger partial charge in [0.1, 0.15) is 35.7 Å². The van der Waals surface area contributed by atoms with Gasteiger partial charge in [0, 0.05) is 55.7 Å². The van der Waals surface area contributed by atoms with Gasteiger partial charge < -0.3 is 34.7 Å². The van der Waals surface area contributed by atoms with E-state index in [4.69, 9.17) is 18.9 Å². The van der Waals surface area contributed by atoms with Crippen molar-refractivity contribution in [3.63, 3.8) is 0 Å². The largest absolute Gasteiger partial charge is 0.497 e. The number of halogens is 1. The minimum Gasteiger partial charge on any atom is -0.497 e. The van der Waals surface area contributed by atoms with Gasteiger partial charge >= 0.3 is 0 Å². The first-order valence-electron chi connectivity index (χ1n) is 13.1. The molecule has 0 aromatic heterocycles. The van der Waals surface area contributed by atoms with Crippen molar-refractivity contribution in [2.45, 2.75) is 44.8 Å².